The van der Waals surface area contributed by atoms with Crippen molar-refractivity contribution in [3.05, 3.63) is 53.1 Å². The first-order valence-electron chi connectivity index (χ1n) is 7.86. The van der Waals surface area contributed by atoms with E-state index >= 15 is 0 Å². The standard InChI is InChI=1S/C20H20N2O2/c1-4-9-22-17-8-7-16(21)12-18(17)24-19(20(22)23)11-15-6-5-13(2)10-14(15)3/h1,5-8,10,12,19H,9,11,21H2,2-3H3. The fraction of sp³-hybridized carbons (Fsp3) is 0.250. The van der Waals surface area contributed by atoms with Gasteiger partial charge in [-0.2, -0.15) is 0 Å². The molecule has 2 N–H and O–H groups in total. The van der Waals surface area contributed by atoms with E-state index < -0.39 is 6.10 Å². The molecule has 122 valence electrons. The zero-order valence-electron chi connectivity index (χ0n) is 13.9. The van der Waals surface area contributed by atoms with Crippen molar-refractivity contribution in [2.45, 2.75) is 26.4 Å². The molecule has 2 aromatic rings. The van der Waals surface area contributed by atoms with Crippen LogP contribution in [0, 0.1) is 26.2 Å². The van der Waals surface area contributed by atoms with Gasteiger partial charge in [0.15, 0.2) is 6.10 Å². The number of benzene rings is 2. The van der Waals surface area contributed by atoms with Crippen molar-refractivity contribution in [2.75, 3.05) is 17.2 Å². The number of rotatable bonds is 3. The van der Waals surface area contributed by atoms with Gasteiger partial charge in [0.1, 0.15) is 5.75 Å². The van der Waals surface area contributed by atoms with Crippen molar-refractivity contribution in [2.24, 2.45) is 0 Å². The summed E-state index contributed by atoms with van der Waals surface area (Å²) in [4.78, 5) is 14.4. The highest BCUT2D eigenvalue weighted by Gasteiger charge is 2.34. The summed E-state index contributed by atoms with van der Waals surface area (Å²) >= 11 is 0. The summed E-state index contributed by atoms with van der Waals surface area (Å²) in [6.45, 7) is 4.30. The van der Waals surface area contributed by atoms with E-state index in [9.17, 15) is 4.79 Å². The first-order valence-corrected chi connectivity index (χ1v) is 7.86. The van der Waals surface area contributed by atoms with Gasteiger partial charge in [0.05, 0.1) is 12.2 Å². The Morgan fingerprint density at radius 3 is 2.75 bits per heavy atom. The summed E-state index contributed by atoms with van der Waals surface area (Å²) < 4.78 is 5.95. The quantitative estimate of drug-likeness (QED) is 0.699. The minimum Gasteiger partial charge on any atom is -0.478 e. The number of nitrogen functional groups attached to an aromatic ring is 1. The number of aryl methyl sites for hydroxylation is 2. The van der Waals surface area contributed by atoms with Gasteiger partial charge in [0, 0.05) is 18.2 Å². The molecule has 1 unspecified atom stereocenters. The van der Waals surface area contributed by atoms with Gasteiger partial charge in [0.25, 0.3) is 5.91 Å². The van der Waals surface area contributed by atoms with Crippen LogP contribution in [-0.4, -0.2) is 18.6 Å². The number of hydrogen-bond acceptors (Lipinski definition) is 3. The molecule has 0 bridgehead atoms. The molecule has 0 saturated carbocycles. The molecular formula is C20H20N2O2. The van der Waals surface area contributed by atoms with Crippen LogP contribution in [0.25, 0.3) is 0 Å². The molecular weight excluding hydrogens is 300 g/mol. The van der Waals surface area contributed by atoms with Crippen molar-refractivity contribution in [1.82, 2.24) is 0 Å². The summed E-state index contributed by atoms with van der Waals surface area (Å²) in [6, 6.07) is 11.4. The number of hydrogen-bond donors (Lipinski definition) is 1. The van der Waals surface area contributed by atoms with E-state index in [2.05, 4.69) is 12.0 Å². The Kier molecular flexibility index (Phi) is 4.18. The molecule has 0 radical (unpaired) electrons. The molecule has 1 atom stereocenters. The van der Waals surface area contributed by atoms with Crippen LogP contribution in [0.2, 0.25) is 0 Å². The molecule has 1 amide bonds. The third kappa shape index (κ3) is 2.93. The fourth-order valence-electron chi connectivity index (χ4n) is 3.00. The van der Waals surface area contributed by atoms with E-state index in [1.165, 1.54) is 5.56 Å². The molecule has 4 nitrogen and oxygen atoms in total. The molecule has 3 rings (SSSR count). The van der Waals surface area contributed by atoms with Gasteiger partial charge in [0.2, 0.25) is 0 Å². The molecule has 4 heteroatoms. The van der Waals surface area contributed by atoms with E-state index in [4.69, 9.17) is 16.9 Å². The third-order valence-corrected chi connectivity index (χ3v) is 4.24. The van der Waals surface area contributed by atoms with E-state index in [0.717, 1.165) is 11.1 Å². The van der Waals surface area contributed by atoms with Gasteiger partial charge in [-0.1, -0.05) is 29.7 Å². The Morgan fingerprint density at radius 1 is 1.25 bits per heavy atom. The molecule has 1 heterocycles. The average molecular weight is 320 g/mol. The lowest BCUT2D eigenvalue weighted by atomic mass is 9.99. The average Bonchev–Trinajstić information content (AvgIpc) is 2.53. The van der Waals surface area contributed by atoms with Crippen molar-refractivity contribution < 1.29 is 9.53 Å². The summed E-state index contributed by atoms with van der Waals surface area (Å²) in [6.07, 6.45) is 5.34. The largest absolute Gasteiger partial charge is 0.478 e. The van der Waals surface area contributed by atoms with Crippen molar-refractivity contribution >= 4 is 17.3 Å². The Labute approximate surface area is 142 Å². The van der Waals surface area contributed by atoms with Gasteiger partial charge in [-0.25, -0.2) is 0 Å². The lowest BCUT2D eigenvalue weighted by molar-refractivity contribution is -0.126. The molecule has 0 aromatic heterocycles. The monoisotopic (exact) mass is 320 g/mol. The van der Waals surface area contributed by atoms with Crippen LogP contribution in [0.1, 0.15) is 16.7 Å². The summed E-state index contributed by atoms with van der Waals surface area (Å²) in [5.41, 5.74) is 10.5. The highest BCUT2D eigenvalue weighted by Crippen LogP contribution is 2.36. The molecule has 0 spiro atoms. The number of anilines is 2. The topological polar surface area (TPSA) is 55.6 Å². The lowest BCUT2D eigenvalue weighted by Crippen LogP contribution is -2.47. The molecule has 0 aliphatic carbocycles. The number of nitrogens with two attached hydrogens (primary N) is 1. The second-order valence-corrected chi connectivity index (χ2v) is 6.10. The van der Waals surface area contributed by atoms with Crippen molar-refractivity contribution in [3.63, 3.8) is 0 Å². The molecule has 1 aliphatic heterocycles. The Balaban J connectivity index is 1.95. The normalized spacial score (nSPS) is 16.3. The maximum Gasteiger partial charge on any atom is 0.269 e. The van der Waals surface area contributed by atoms with E-state index in [1.807, 2.05) is 26.0 Å². The minimum absolute atomic E-state index is 0.120. The summed E-state index contributed by atoms with van der Waals surface area (Å²) in [7, 11) is 0. The third-order valence-electron chi connectivity index (χ3n) is 4.24. The Morgan fingerprint density at radius 2 is 2.04 bits per heavy atom. The zero-order chi connectivity index (χ0) is 17.3. The predicted octanol–water partition coefficient (Wildman–Crippen LogP) is 2.86. The van der Waals surface area contributed by atoms with Crippen LogP contribution in [0.5, 0.6) is 5.75 Å². The van der Waals surface area contributed by atoms with Crippen LogP contribution in [0.3, 0.4) is 0 Å². The number of carbonyl (C=O) groups is 1. The number of fused-ring (bicyclic) bond motifs is 1. The van der Waals surface area contributed by atoms with E-state index in [1.54, 1.807) is 23.1 Å². The zero-order valence-corrected chi connectivity index (χ0v) is 13.9. The van der Waals surface area contributed by atoms with Gasteiger partial charge in [-0.3, -0.25) is 9.69 Å². The highest BCUT2D eigenvalue weighted by atomic mass is 16.5. The van der Waals surface area contributed by atoms with Gasteiger partial charge in [-0.15, -0.1) is 6.42 Å². The molecule has 0 saturated heterocycles. The molecule has 0 fully saturated rings. The number of terminal acetylenes is 1. The van der Waals surface area contributed by atoms with Crippen molar-refractivity contribution in [3.8, 4) is 18.1 Å². The molecule has 1 aliphatic rings. The molecule has 2 aromatic carbocycles. The molecule has 24 heavy (non-hydrogen) atoms. The predicted molar refractivity (Wildman–Crippen MR) is 96.1 cm³/mol. The second-order valence-electron chi connectivity index (χ2n) is 6.10. The number of amides is 1. The SMILES string of the molecule is C#CCN1C(=O)C(Cc2ccc(C)cc2C)Oc2cc(N)ccc21. The summed E-state index contributed by atoms with van der Waals surface area (Å²) in [5, 5.41) is 0. The number of nitrogens with zero attached hydrogens (tertiary/aromatic N) is 1. The smallest absolute Gasteiger partial charge is 0.269 e. The first-order chi connectivity index (χ1) is 11.5. The second kappa shape index (κ2) is 6.29. The van der Waals surface area contributed by atoms with Gasteiger partial charge in [-0.05, 0) is 37.1 Å². The summed E-state index contributed by atoms with van der Waals surface area (Å²) in [5.74, 6) is 3.02. The minimum atomic E-state index is -0.603. The van der Waals surface area contributed by atoms with Gasteiger partial charge >= 0.3 is 0 Å². The lowest BCUT2D eigenvalue weighted by Gasteiger charge is -2.33. The highest BCUT2D eigenvalue weighted by molar-refractivity contribution is 6.00. The van der Waals surface area contributed by atoms with Crippen LogP contribution in [0.15, 0.2) is 36.4 Å². The first kappa shape index (κ1) is 15.9. The van der Waals surface area contributed by atoms with E-state index in [0.29, 0.717) is 23.5 Å². The van der Waals surface area contributed by atoms with Crippen molar-refractivity contribution in [1.29, 1.82) is 0 Å². The van der Waals surface area contributed by atoms with Crippen LogP contribution in [0.4, 0.5) is 11.4 Å². The van der Waals surface area contributed by atoms with E-state index in [-0.39, 0.29) is 12.5 Å². The number of carbonyl (C=O) groups excluding carboxylic acids is 1. The number of ether oxygens (including phenoxy) is 1. The maximum atomic E-state index is 12.8. The van der Waals surface area contributed by atoms with Gasteiger partial charge < -0.3 is 10.5 Å². The Hall–Kier alpha value is -2.93. The van der Waals surface area contributed by atoms with Crippen LogP contribution in [-0.2, 0) is 11.2 Å². The van der Waals surface area contributed by atoms with Crippen LogP contribution < -0.4 is 15.4 Å². The maximum absolute atomic E-state index is 12.8. The van der Waals surface area contributed by atoms with Crippen LogP contribution >= 0.6 is 0 Å². The Bertz CT molecular complexity index is 836. The fourth-order valence-corrected chi connectivity index (χ4v) is 3.00.